The number of hydrogen-bond acceptors (Lipinski definition) is 6. The Hall–Kier alpha value is -3.40. The molecule has 1 saturated heterocycles. The molecule has 0 radical (unpaired) electrons. The number of morpholine rings is 1. The third kappa shape index (κ3) is 5.08. The maximum atomic E-state index is 13.1. The first kappa shape index (κ1) is 23.3. The first-order valence-electron chi connectivity index (χ1n) is 10.3. The van der Waals surface area contributed by atoms with E-state index in [1.54, 1.807) is 7.11 Å². The lowest BCUT2D eigenvalue weighted by atomic mass is 9.96. The first-order valence-corrected chi connectivity index (χ1v) is 10.3. The summed E-state index contributed by atoms with van der Waals surface area (Å²) in [5, 5.41) is 16.9. The number of H-pyrrole nitrogens is 1. The molecule has 2 atom stereocenters. The first-order chi connectivity index (χ1) is 15.4. The van der Waals surface area contributed by atoms with E-state index >= 15 is 0 Å². The minimum absolute atomic E-state index is 0.0705. The molecule has 3 N–H and O–H groups in total. The maximum absolute atomic E-state index is 13.1. The number of benzene rings is 1. The molecule has 10 heteroatoms. The minimum atomic E-state index is -0.769. The molecule has 2 fully saturated rings. The van der Waals surface area contributed by atoms with Gasteiger partial charge < -0.3 is 24.8 Å². The summed E-state index contributed by atoms with van der Waals surface area (Å²) in [4.78, 5) is 35.9. The number of carbonyl (C=O) groups excluding carboxylic acids is 2. The normalized spacial score (nSPS) is 20.2. The van der Waals surface area contributed by atoms with Crippen LogP contribution in [-0.2, 0) is 25.7 Å². The van der Waals surface area contributed by atoms with Crippen molar-refractivity contribution in [2.24, 2.45) is 0 Å². The van der Waals surface area contributed by atoms with Crippen LogP contribution in [-0.4, -0.2) is 64.4 Å². The highest BCUT2D eigenvalue weighted by Gasteiger charge is 2.47. The van der Waals surface area contributed by atoms with Gasteiger partial charge in [0.15, 0.2) is 6.10 Å². The summed E-state index contributed by atoms with van der Waals surface area (Å²) < 4.78 is 11.0. The summed E-state index contributed by atoms with van der Waals surface area (Å²) in [5.74, 6) is 0.421. The van der Waals surface area contributed by atoms with E-state index in [9.17, 15) is 9.59 Å². The van der Waals surface area contributed by atoms with Gasteiger partial charge in [0, 0.05) is 23.8 Å². The molecule has 2 aliphatic rings. The summed E-state index contributed by atoms with van der Waals surface area (Å²) in [7, 11) is 1.61. The number of aromatic nitrogens is 2. The van der Waals surface area contributed by atoms with E-state index in [1.807, 2.05) is 43.0 Å². The smallest absolute Gasteiger partial charge is 0.290 e. The van der Waals surface area contributed by atoms with Crippen molar-refractivity contribution in [2.75, 3.05) is 13.7 Å². The molecule has 10 nitrogen and oxygen atoms in total. The van der Waals surface area contributed by atoms with Crippen LogP contribution in [0.3, 0.4) is 0 Å². The second-order valence-electron chi connectivity index (χ2n) is 7.72. The fourth-order valence-corrected chi connectivity index (χ4v) is 3.88. The second-order valence-corrected chi connectivity index (χ2v) is 7.72. The Morgan fingerprint density at radius 3 is 2.53 bits per heavy atom. The fourth-order valence-electron chi connectivity index (χ4n) is 3.88. The average Bonchev–Trinajstić information content (AvgIpc) is 3.58. The molecule has 1 aliphatic carbocycles. The van der Waals surface area contributed by atoms with Gasteiger partial charge in [-0.15, -0.1) is 0 Å². The monoisotopic (exact) mass is 444 g/mol. The van der Waals surface area contributed by atoms with E-state index in [-0.39, 0.29) is 30.9 Å². The van der Waals surface area contributed by atoms with Crippen LogP contribution in [0.15, 0.2) is 24.3 Å². The Labute approximate surface area is 185 Å². The third-order valence-corrected chi connectivity index (χ3v) is 5.64. The lowest BCUT2D eigenvalue weighted by Crippen LogP contribution is -2.55. The molecular weight excluding hydrogens is 416 g/mol. The van der Waals surface area contributed by atoms with Gasteiger partial charge in [0.2, 0.25) is 5.91 Å². The van der Waals surface area contributed by atoms with Crippen molar-refractivity contribution in [3.05, 3.63) is 46.8 Å². The predicted molar refractivity (Wildman–Crippen MR) is 114 cm³/mol. The molecule has 2 amide bonds. The molecule has 32 heavy (non-hydrogen) atoms. The zero-order chi connectivity index (χ0) is 23.3. The van der Waals surface area contributed by atoms with Crippen LogP contribution < -0.4 is 10.1 Å². The largest absolute Gasteiger partial charge is 0.497 e. The standard InChI is InChI=1S/C21H26N4O4.CH2O2/c1-12-17(13(2)24-23-12)10-22-21(27)20-19(14-4-8-16(28-3)9-5-14)25(15-6-7-15)18(26)11-29-20;2-1-3/h4-5,8-9,15,19-20H,6-7,10-11H2,1-3H3,(H,22,27)(H,23,24);1H,(H,2,3)/t19-,20+;/m1./s1. The number of hydrogen-bond donors (Lipinski definition) is 3. The maximum Gasteiger partial charge on any atom is 0.290 e. The number of rotatable bonds is 6. The van der Waals surface area contributed by atoms with Gasteiger partial charge in [0.25, 0.3) is 12.4 Å². The Morgan fingerprint density at radius 2 is 2.00 bits per heavy atom. The summed E-state index contributed by atoms with van der Waals surface area (Å²) in [6.07, 6.45) is 1.15. The zero-order valence-corrected chi connectivity index (χ0v) is 18.3. The molecule has 4 rings (SSSR count). The average molecular weight is 444 g/mol. The van der Waals surface area contributed by atoms with Crippen LogP contribution in [0.4, 0.5) is 0 Å². The van der Waals surface area contributed by atoms with Crippen molar-refractivity contribution in [1.82, 2.24) is 20.4 Å². The number of aryl methyl sites for hydroxylation is 2. The predicted octanol–water partition coefficient (Wildman–Crippen LogP) is 1.48. The molecule has 1 saturated carbocycles. The number of amides is 2. The van der Waals surface area contributed by atoms with E-state index in [4.69, 9.17) is 19.4 Å². The summed E-state index contributed by atoms with van der Waals surface area (Å²) in [5.41, 5.74) is 3.61. The number of nitrogens with one attached hydrogen (secondary N) is 2. The Morgan fingerprint density at radius 1 is 1.34 bits per heavy atom. The fraction of sp³-hybridized carbons (Fsp3) is 0.455. The van der Waals surface area contributed by atoms with Gasteiger partial charge in [-0.1, -0.05) is 12.1 Å². The molecule has 0 unspecified atom stereocenters. The van der Waals surface area contributed by atoms with Gasteiger partial charge in [0.05, 0.1) is 18.8 Å². The second kappa shape index (κ2) is 10.3. The third-order valence-electron chi connectivity index (χ3n) is 5.64. The lowest BCUT2D eigenvalue weighted by molar-refractivity contribution is -0.165. The minimum Gasteiger partial charge on any atom is -0.497 e. The number of ether oxygens (including phenoxy) is 2. The van der Waals surface area contributed by atoms with Gasteiger partial charge >= 0.3 is 0 Å². The van der Waals surface area contributed by atoms with Crippen LogP contribution in [0.2, 0.25) is 0 Å². The number of aromatic amines is 1. The molecule has 2 heterocycles. The van der Waals surface area contributed by atoms with Crippen LogP contribution in [0.25, 0.3) is 0 Å². The van der Waals surface area contributed by atoms with E-state index in [2.05, 4.69) is 15.5 Å². The molecule has 0 bridgehead atoms. The molecule has 172 valence electrons. The summed E-state index contributed by atoms with van der Waals surface area (Å²) in [6, 6.07) is 7.18. The van der Waals surface area contributed by atoms with Crippen LogP contribution >= 0.6 is 0 Å². The molecule has 1 aliphatic heterocycles. The molecule has 0 spiro atoms. The highest BCUT2D eigenvalue weighted by atomic mass is 16.5. The SMILES string of the molecule is COc1ccc([C@@H]2[C@@H](C(=O)NCc3c(C)n[nH]c3C)OCC(=O)N2C2CC2)cc1.O=CO. The van der Waals surface area contributed by atoms with Crippen LogP contribution in [0.1, 0.15) is 41.4 Å². The van der Waals surface area contributed by atoms with E-state index < -0.39 is 12.1 Å². The van der Waals surface area contributed by atoms with E-state index in [0.29, 0.717) is 6.54 Å². The molecule has 1 aromatic heterocycles. The Kier molecular flexibility index (Phi) is 7.47. The highest BCUT2D eigenvalue weighted by Crippen LogP contribution is 2.40. The van der Waals surface area contributed by atoms with E-state index in [0.717, 1.165) is 41.1 Å². The van der Waals surface area contributed by atoms with Gasteiger partial charge in [-0.3, -0.25) is 19.5 Å². The lowest BCUT2D eigenvalue weighted by Gasteiger charge is -2.40. The van der Waals surface area contributed by atoms with Crippen LogP contribution in [0, 0.1) is 13.8 Å². The number of carboxylic acid groups (broad SMARTS) is 1. The highest BCUT2D eigenvalue weighted by molar-refractivity contribution is 5.86. The number of nitrogens with zero attached hydrogens (tertiary/aromatic N) is 2. The Bertz CT molecular complexity index is 934. The van der Waals surface area contributed by atoms with Crippen molar-refractivity contribution >= 4 is 18.3 Å². The van der Waals surface area contributed by atoms with Gasteiger partial charge in [-0.05, 0) is 44.4 Å². The molecular formula is C22H28N4O6. The molecule has 1 aromatic carbocycles. The molecule has 2 aromatic rings. The van der Waals surface area contributed by atoms with E-state index in [1.165, 1.54) is 0 Å². The summed E-state index contributed by atoms with van der Waals surface area (Å²) >= 11 is 0. The van der Waals surface area contributed by atoms with Crippen molar-refractivity contribution < 1.29 is 29.0 Å². The van der Waals surface area contributed by atoms with Gasteiger partial charge in [-0.25, -0.2) is 0 Å². The summed E-state index contributed by atoms with van der Waals surface area (Å²) in [6.45, 7) is 3.85. The van der Waals surface area contributed by atoms with Crippen molar-refractivity contribution in [3.63, 3.8) is 0 Å². The topological polar surface area (TPSA) is 134 Å². The number of methoxy groups -OCH3 is 1. The Balaban J connectivity index is 0.000000913. The van der Waals surface area contributed by atoms with Crippen molar-refractivity contribution in [2.45, 2.75) is 51.4 Å². The van der Waals surface area contributed by atoms with Gasteiger partial charge in [0.1, 0.15) is 12.4 Å². The zero-order valence-electron chi connectivity index (χ0n) is 18.3. The quantitative estimate of drug-likeness (QED) is 0.575. The van der Waals surface area contributed by atoms with Crippen LogP contribution in [0.5, 0.6) is 5.75 Å². The van der Waals surface area contributed by atoms with Gasteiger partial charge in [-0.2, -0.15) is 5.10 Å². The number of carbonyl (C=O) groups is 3. The van der Waals surface area contributed by atoms with Crippen molar-refractivity contribution in [1.29, 1.82) is 0 Å². The van der Waals surface area contributed by atoms with Crippen molar-refractivity contribution in [3.8, 4) is 5.75 Å².